The molecule has 4 rings (SSSR count). The van der Waals surface area contributed by atoms with Crippen molar-refractivity contribution in [3.8, 4) is 0 Å². The summed E-state index contributed by atoms with van der Waals surface area (Å²) in [6.45, 7) is 7.79. The molecule has 0 amide bonds. The van der Waals surface area contributed by atoms with Crippen LogP contribution >= 0.6 is 12.6 Å². The Kier molecular flexibility index (Phi) is 6.89. The van der Waals surface area contributed by atoms with Crippen LogP contribution in [0.3, 0.4) is 0 Å². The number of fused-ring (bicyclic) bond motifs is 1. The Labute approximate surface area is 188 Å². The summed E-state index contributed by atoms with van der Waals surface area (Å²) < 4.78 is 1.71. The van der Waals surface area contributed by atoms with E-state index < -0.39 is 0 Å². The molecule has 1 fully saturated rings. The van der Waals surface area contributed by atoms with Crippen LogP contribution in [0.1, 0.15) is 41.8 Å². The molecule has 3 heterocycles. The lowest BCUT2D eigenvalue weighted by molar-refractivity contribution is 0.233. The molecule has 2 aromatic heterocycles. The van der Waals surface area contributed by atoms with Crippen molar-refractivity contribution in [2.24, 2.45) is 0 Å². The van der Waals surface area contributed by atoms with Crippen molar-refractivity contribution < 1.29 is 0 Å². The molecule has 164 valence electrons. The molecule has 0 spiro atoms. The van der Waals surface area contributed by atoms with Crippen LogP contribution < -0.4 is 16.6 Å². The Morgan fingerprint density at radius 2 is 1.77 bits per heavy atom. The van der Waals surface area contributed by atoms with Gasteiger partial charge in [0.15, 0.2) is 0 Å². The van der Waals surface area contributed by atoms with Crippen LogP contribution in [0.2, 0.25) is 0 Å². The average molecular weight is 439 g/mol. The highest BCUT2D eigenvalue weighted by Crippen LogP contribution is 2.28. The summed E-state index contributed by atoms with van der Waals surface area (Å²) in [4.78, 5) is 24.4. The van der Waals surface area contributed by atoms with Crippen LogP contribution in [0.4, 0.5) is 5.95 Å². The molecule has 8 heteroatoms. The molecule has 0 radical (unpaired) electrons. The van der Waals surface area contributed by atoms with Crippen molar-refractivity contribution in [1.29, 1.82) is 0 Å². The fourth-order valence-corrected chi connectivity index (χ4v) is 4.52. The lowest BCUT2D eigenvalue weighted by Gasteiger charge is -2.27. The van der Waals surface area contributed by atoms with Gasteiger partial charge in [-0.25, -0.2) is 9.97 Å². The molecule has 0 saturated carbocycles. The van der Waals surface area contributed by atoms with Gasteiger partial charge in [0.1, 0.15) is 0 Å². The van der Waals surface area contributed by atoms with E-state index in [1.807, 2.05) is 6.07 Å². The van der Waals surface area contributed by atoms with E-state index in [0.717, 1.165) is 51.1 Å². The van der Waals surface area contributed by atoms with Gasteiger partial charge in [-0.05, 0) is 23.6 Å². The SMILES string of the molecule is CCCC(S)c1nc(N)nc2ccn(Cc3ccc(CN4CCNCC4)cc3)c(=O)c12. The zero-order chi connectivity index (χ0) is 21.8. The number of nitrogens with two attached hydrogens (primary N) is 1. The van der Waals surface area contributed by atoms with E-state index in [-0.39, 0.29) is 16.8 Å². The second kappa shape index (κ2) is 9.80. The maximum absolute atomic E-state index is 13.3. The molecule has 0 bridgehead atoms. The fraction of sp³-hybridized carbons (Fsp3) is 0.435. The first-order chi connectivity index (χ1) is 15.0. The van der Waals surface area contributed by atoms with Crippen LogP contribution in [-0.4, -0.2) is 45.6 Å². The number of hydrogen-bond acceptors (Lipinski definition) is 7. The number of nitrogens with one attached hydrogen (secondary N) is 1. The predicted molar refractivity (Wildman–Crippen MR) is 129 cm³/mol. The van der Waals surface area contributed by atoms with Gasteiger partial charge in [-0.15, -0.1) is 0 Å². The number of benzene rings is 1. The van der Waals surface area contributed by atoms with E-state index in [0.29, 0.717) is 23.1 Å². The van der Waals surface area contributed by atoms with Crippen LogP contribution in [0, 0.1) is 0 Å². The molecule has 31 heavy (non-hydrogen) atoms. The van der Waals surface area contributed by atoms with Gasteiger partial charge in [-0.1, -0.05) is 37.6 Å². The van der Waals surface area contributed by atoms with Gasteiger partial charge >= 0.3 is 0 Å². The fourth-order valence-electron chi connectivity index (χ4n) is 4.08. The van der Waals surface area contributed by atoms with Gasteiger partial charge in [0.2, 0.25) is 5.95 Å². The zero-order valence-corrected chi connectivity index (χ0v) is 18.8. The van der Waals surface area contributed by atoms with Gasteiger partial charge in [-0.2, -0.15) is 12.6 Å². The van der Waals surface area contributed by atoms with E-state index >= 15 is 0 Å². The van der Waals surface area contributed by atoms with E-state index in [2.05, 4.69) is 64.0 Å². The molecular weight excluding hydrogens is 408 g/mol. The van der Waals surface area contributed by atoms with E-state index in [1.54, 1.807) is 10.8 Å². The summed E-state index contributed by atoms with van der Waals surface area (Å²) in [7, 11) is 0. The minimum atomic E-state index is -0.148. The molecule has 1 aliphatic heterocycles. The normalized spacial score (nSPS) is 15.9. The molecule has 7 nitrogen and oxygen atoms in total. The summed E-state index contributed by atoms with van der Waals surface area (Å²) in [5.74, 6) is 0.176. The van der Waals surface area contributed by atoms with Gasteiger partial charge < -0.3 is 15.6 Å². The van der Waals surface area contributed by atoms with Crippen LogP contribution in [-0.2, 0) is 13.1 Å². The average Bonchev–Trinajstić information content (AvgIpc) is 2.77. The highest BCUT2D eigenvalue weighted by Gasteiger charge is 2.18. The molecule has 1 unspecified atom stereocenters. The molecule has 1 saturated heterocycles. The summed E-state index contributed by atoms with van der Waals surface area (Å²) in [5, 5.41) is 3.75. The molecule has 1 aliphatic rings. The summed E-state index contributed by atoms with van der Waals surface area (Å²) >= 11 is 4.67. The van der Waals surface area contributed by atoms with Crippen molar-refractivity contribution >= 4 is 29.5 Å². The third kappa shape index (κ3) is 5.08. The number of piperazine rings is 1. The first kappa shape index (κ1) is 21.8. The molecule has 1 aromatic carbocycles. The van der Waals surface area contributed by atoms with Gasteiger partial charge in [0.05, 0.1) is 23.1 Å². The number of rotatable bonds is 7. The highest BCUT2D eigenvalue weighted by atomic mass is 32.1. The maximum atomic E-state index is 13.3. The Morgan fingerprint density at radius 1 is 1.10 bits per heavy atom. The lowest BCUT2D eigenvalue weighted by atomic mass is 10.1. The monoisotopic (exact) mass is 438 g/mol. The largest absolute Gasteiger partial charge is 0.368 e. The van der Waals surface area contributed by atoms with E-state index in [1.165, 1.54) is 5.56 Å². The summed E-state index contributed by atoms with van der Waals surface area (Å²) in [6, 6.07) is 10.4. The van der Waals surface area contributed by atoms with Gasteiger partial charge in [0, 0.05) is 44.2 Å². The zero-order valence-electron chi connectivity index (χ0n) is 17.9. The molecule has 3 aromatic rings. The molecule has 3 N–H and O–H groups in total. The van der Waals surface area contributed by atoms with Crippen molar-refractivity contribution in [3.05, 3.63) is 63.7 Å². The smallest absolute Gasteiger partial charge is 0.262 e. The number of hydrogen-bond donors (Lipinski definition) is 3. The molecular formula is C23H30N6OS. The van der Waals surface area contributed by atoms with E-state index in [4.69, 9.17) is 5.73 Å². The van der Waals surface area contributed by atoms with Crippen LogP contribution in [0.25, 0.3) is 10.9 Å². The highest BCUT2D eigenvalue weighted by molar-refractivity contribution is 7.80. The number of aromatic nitrogens is 3. The Morgan fingerprint density at radius 3 is 2.45 bits per heavy atom. The van der Waals surface area contributed by atoms with Crippen LogP contribution in [0.5, 0.6) is 0 Å². The Hall–Kier alpha value is -2.42. The predicted octanol–water partition coefficient (Wildman–Crippen LogP) is 2.60. The Bertz CT molecular complexity index is 1090. The van der Waals surface area contributed by atoms with Crippen LogP contribution in [0.15, 0.2) is 41.3 Å². The summed E-state index contributed by atoms with van der Waals surface area (Å²) in [6.07, 6.45) is 3.54. The van der Waals surface area contributed by atoms with Crippen molar-refractivity contribution in [3.63, 3.8) is 0 Å². The van der Waals surface area contributed by atoms with Crippen molar-refractivity contribution in [2.45, 2.75) is 38.1 Å². The summed E-state index contributed by atoms with van der Waals surface area (Å²) in [5.41, 5.74) is 9.35. The Balaban J connectivity index is 1.58. The quantitative estimate of drug-likeness (QED) is 0.492. The van der Waals surface area contributed by atoms with Gasteiger partial charge in [-0.3, -0.25) is 9.69 Å². The second-order valence-corrected chi connectivity index (χ2v) is 8.75. The van der Waals surface area contributed by atoms with Crippen molar-refractivity contribution in [2.75, 3.05) is 31.9 Å². The number of thiol groups is 1. The topological polar surface area (TPSA) is 89.1 Å². The van der Waals surface area contributed by atoms with E-state index in [9.17, 15) is 4.79 Å². The molecule has 0 aliphatic carbocycles. The minimum absolute atomic E-state index is 0.104. The lowest BCUT2D eigenvalue weighted by Crippen LogP contribution is -2.42. The maximum Gasteiger partial charge on any atom is 0.262 e. The minimum Gasteiger partial charge on any atom is -0.368 e. The number of anilines is 1. The first-order valence-electron chi connectivity index (χ1n) is 10.9. The van der Waals surface area contributed by atoms with Crippen molar-refractivity contribution in [1.82, 2.24) is 24.8 Å². The third-order valence-electron chi connectivity index (χ3n) is 5.74. The number of nitrogens with zero attached hydrogens (tertiary/aromatic N) is 4. The molecule has 1 atom stereocenters. The number of nitrogen functional groups attached to an aromatic ring is 1. The number of pyridine rings is 1. The standard InChI is InChI=1S/C23H30N6OS/c1-2-3-19(31)21-20-18(26-23(24)27-21)8-11-29(22(20)30)15-17-6-4-16(5-7-17)14-28-12-9-25-10-13-28/h4-8,11,19,25,31H,2-3,9-10,12-15H2,1H3,(H2,24,26,27). The third-order valence-corrected chi connectivity index (χ3v) is 6.24. The van der Waals surface area contributed by atoms with Gasteiger partial charge in [0.25, 0.3) is 5.56 Å². The first-order valence-corrected chi connectivity index (χ1v) is 11.4. The second-order valence-electron chi connectivity index (χ2n) is 8.12.